The molecule has 0 aliphatic carbocycles. The van der Waals surface area contributed by atoms with Gasteiger partial charge in [-0.3, -0.25) is 10.1 Å². The van der Waals surface area contributed by atoms with Gasteiger partial charge in [-0.1, -0.05) is 12.1 Å². The third-order valence-electron chi connectivity index (χ3n) is 2.63. The topological polar surface area (TPSA) is 67.2 Å². The zero-order valence-corrected chi connectivity index (χ0v) is 9.53. The fourth-order valence-electron chi connectivity index (χ4n) is 1.81. The first kappa shape index (κ1) is 10.1. The second-order valence-corrected chi connectivity index (χ2v) is 4.67. The number of nitrogens with one attached hydrogen (secondary N) is 2. The Bertz CT molecular complexity index is 557. The number of rotatable bonds is 2. The molecule has 0 saturated carbocycles. The fourth-order valence-corrected chi connectivity index (χ4v) is 2.67. The first-order chi connectivity index (χ1) is 8.24. The molecule has 0 amide bonds. The standard InChI is InChI=1S/C11H9N3O2S/c15-14(16)7-5-10(17-6-7)11-12-8-3-1-2-4-9(8)13-11/h1-6,11-13H. The number of hydrogen-bond acceptors (Lipinski definition) is 5. The predicted molar refractivity (Wildman–Crippen MR) is 67.4 cm³/mol. The van der Waals surface area contributed by atoms with Crippen molar-refractivity contribution in [2.24, 2.45) is 0 Å². The lowest BCUT2D eigenvalue weighted by molar-refractivity contribution is -0.384. The van der Waals surface area contributed by atoms with Crippen LogP contribution in [0.3, 0.4) is 0 Å². The molecule has 0 atom stereocenters. The van der Waals surface area contributed by atoms with Crippen LogP contribution in [0, 0.1) is 10.1 Å². The number of para-hydroxylation sites is 2. The number of nitrogens with zero attached hydrogens (tertiary/aromatic N) is 1. The van der Waals surface area contributed by atoms with Crippen molar-refractivity contribution in [1.29, 1.82) is 0 Å². The molecule has 1 aliphatic heterocycles. The van der Waals surface area contributed by atoms with Gasteiger partial charge in [0.2, 0.25) is 0 Å². The van der Waals surface area contributed by atoms with E-state index in [1.807, 2.05) is 24.3 Å². The van der Waals surface area contributed by atoms with Gasteiger partial charge in [0.1, 0.15) is 6.17 Å². The summed E-state index contributed by atoms with van der Waals surface area (Å²) in [6.45, 7) is 0. The molecule has 86 valence electrons. The van der Waals surface area contributed by atoms with E-state index in [2.05, 4.69) is 10.6 Å². The maximum atomic E-state index is 10.6. The molecule has 1 aliphatic rings. The van der Waals surface area contributed by atoms with Gasteiger partial charge >= 0.3 is 0 Å². The van der Waals surface area contributed by atoms with E-state index in [4.69, 9.17) is 0 Å². The predicted octanol–water partition coefficient (Wildman–Crippen LogP) is 3.19. The number of nitro groups is 1. The summed E-state index contributed by atoms with van der Waals surface area (Å²) < 4.78 is 0. The molecule has 2 heterocycles. The molecule has 0 radical (unpaired) electrons. The number of benzene rings is 1. The summed E-state index contributed by atoms with van der Waals surface area (Å²) in [5.41, 5.74) is 2.19. The Morgan fingerprint density at radius 3 is 2.41 bits per heavy atom. The van der Waals surface area contributed by atoms with Gasteiger partial charge in [-0.05, 0) is 12.1 Å². The van der Waals surface area contributed by atoms with Crippen LogP contribution in [0.15, 0.2) is 35.7 Å². The highest BCUT2D eigenvalue weighted by Crippen LogP contribution is 2.37. The molecule has 0 fully saturated rings. The van der Waals surface area contributed by atoms with E-state index in [0.29, 0.717) is 0 Å². The normalized spacial score (nSPS) is 13.9. The van der Waals surface area contributed by atoms with Gasteiger partial charge in [-0.15, -0.1) is 11.3 Å². The molecule has 6 heteroatoms. The largest absolute Gasteiger partial charge is 0.359 e. The van der Waals surface area contributed by atoms with E-state index in [1.54, 1.807) is 11.4 Å². The number of fused-ring (bicyclic) bond motifs is 1. The van der Waals surface area contributed by atoms with Crippen LogP contribution in [0.5, 0.6) is 0 Å². The molecule has 2 aromatic rings. The van der Waals surface area contributed by atoms with Crippen LogP contribution in [0.4, 0.5) is 17.1 Å². The minimum atomic E-state index is -0.373. The van der Waals surface area contributed by atoms with E-state index in [9.17, 15) is 10.1 Å². The highest BCUT2D eigenvalue weighted by atomic mass is 32.1. The highest BCUT2D eigenvalue weighted by molar-refractivity contribution is 7.10. The van der Waals surface area contributed by atoms with Crippen molar-refractivity contribution < 1.29 is 4.92 Å². The third-order valence-corrected chi connectivity index (χ3v) is 3.61. The van der Waals surface area contributed by atoms with Crippen molar-refractivity contribution in [3.05, 3.63) is 50.7 Å². The number of thiophene rings is 1. The van der Waals surface area contributed by atoms with Crippen molar-refractivity contribution in [3.63, 3.8) is 0 Å². The molecule has 0 unspecified atom stereocenters. The van der Waals surface area contributed by atoms with E-state index in [-0.39, 0.29) is 16.8 Å². The summed E-state index contributed by atoms with van der Waals surface area (Å²) in [5.74, 6) is 0. The van der Waals surface area contributed by atoms with Gasteiger partial charge in [0.25, 0.3) is 5.69 Å². The van der Waals surface area contributed by atoms with E-state index in [1.165, 1.54) is 11.3 Å². The minimum absolute atomic E-state index is 0.0777. The maximum absolute atomic E-state index is 10.6. The molecule has 2 N–H and O–H groups in total. The summed E-state index contributed by atoms with van der Waals surface area (Å²) in [6, 6.07) is 9.45. The molecule has 0 bridgehead atoms. The number of hydrogen-bond donors (Lipinski definition) is 2. The minimum Gasteiger partial charge on any atom is -0.359 e. The Labute approximate surface area is 101 Å². The molecule has 1 aromatic carbocycles. The van der Waals surface area contributed by atoms with Crippen molar-refractivity contribution in [1.82, 2.24) is 0 Å². The van der Waals surface area contributed by atoms with E-state index in [0.717, 1.165) is 16.3 Å². The summed E-state index contributed by atoms with van der Waals surface area (Å²) in [6.07, 6.45) is -0.0777. The van der Waals surface area contributed by atoms with E-state index < -0.39 is 0 Å². The quantitative estimate of drug-likeness (QED) is 0.631. The molecule has 17 heavy (non-hydrogen) atoms. The lowest BCUT2D eigenvalue weighted by atomic mass is 10.3. The molecular weight excluding hydrogens is 238 g/mol. The van der Waals surface area contributed by atoms with Gasteiger partial charge in [-0.25, -0.2) is 0 Å². The first-order valence-corrected chi connectivity index (χ1v) is 5.97. The summed E-state index contributed by atoms with van der Waals surface area (Å²) in [7, 11) is 0. The van der Waals surface area contributed by atoms with Gasteiger partial charge in [-0.2, -0.15) is 0 Å². The molecule has 5 nitrogen and oxygen atoms in total. The Morgan fingerprint density at radius 2 is 1.88 bits per heavy atom. The van der Waals surface area contributed by atoms with Gasteiger partial charge in [0, 0.05) is 6.07 Å². The summed E-state index contributed by atoms with van der Waals surface area (Å²) in [5, 5.41) is 18.7. The Morgan fingerprint density at radius 1 is 1.24 bits per heavy atom. The summed E-state index contributed by atoms with van der Waals surface area (Å²) >= 11 is 1.38. The Kier molecular flexibility index (Phi) is 2.22. The lowest BCUT2D eigenvalue weighted by Crippen LogP contribution is -2.10. The van der Waals surface area contributed by atoms with Gasteiger partial charge in [0.15, 0.2) is 0 Å². The zero-order valence-electron chi connectivity index (χ0n) is 8.71. The highest BCUT2D eigenvalue weighted by Gasteiger charge is 2.23. The van der Waals surface area contributed by atoms with Crippen molar-refractivity contribution in [2.45, 2.75) is 6.17 Å². The maximum Gasteiger partial charge on any atom is 0.280 e. The molecule has 0 saturated heterocycles. The van der Waals surface area contributed by atoms with Gasteiger partial charge in [0.05, 0.1) is 26.6 Å². The molecule has 1 aromatic heterocycles. The average molecular weight is 247 g/mol. The van der Waals surface area contributed by atoms with Crippen molar-refractivity contribution in [2.75, 3.05) is 10.6 Å². The SMILES string of the molecule is O=[N+]([O-])c1csc(C2Nc3ccccc3N2)c1. The van der Waals surface area contributed by atoms with Crippen LogP contribution in [0.25, 0.3) is 0 Å². The second-order valence-electron chi connectivity index (χ2n) is 3.73. The van der Waals surface area contributed by atoms with Crippen molar-refractivity contribution >= 4 is 28.4 Å². The van der Waals surface area contributed by atoms with Crippen LogP contribution in [-0.2, 0) is 0 Å². The Hall–Kier alpha value is -2.08. The monoisotopic (exact) mass is 247 g/mol. The molecular formula is C11H9N3O2S. The van der Waals surface area contributed by atoms with E-state index >= 15 is 0 Å². The van der Waals surface area contributed by atoms with Gasteiger partial charge < -0.3 is 10.6 Å². The molecule has 0 spiro atoms. The average Bonchev–Trinajstić information content (AvgIpc) is 2.95. The van der Waals surface area contributed by atoms with Crippen molar-refractivity contribution in [3.8, 4) is 0 Å². The van der Waals surface area contributed by atoms with Crippen LogP contribution in [0.1, 0.15) is 11.0 Å². The lowest BCUT2D eigenvalue weighted by Gasteiger charge is -2.08. The van der Waals surface area contributed by atoms with Crippen LogP contribution >= 0.6 is 11.3 Å². The van der Waals surface area contributed by atoms with Crippen LogP contribution in [-0.4, -0.2) is 4.92 Å². The zero-order chi connectivity index (χ0) is 11.8. The summed E-state index contributed by atoms with van der Waals surface area (Å²) in [4.78, 5) is 11.2. The third kappa shape index (κ3) is 1.72. The van der Waals surface area contributed by atoms with Crippen LogP contribution in [0.2, 0.25) is 0 Å². The first-order valence-electron chi connectivity index (χ1n) is 5.09. The smallest absolute Gasteiger partial charge is 0.280 e. The fraction of sp³-hybridized carbons (Fsp3) is 0.0909. The molecule has 3 rings (SSSR count). The second kappa shape index (κ2) is 3.74. The Balaban J connectivity index is 1.86. The van der Waals surface area contributed by atoms with Crippen LogP contribution < -0.4 is 10.6 Å². The number of anilines is 2.